The summed E-state index contributed by atoms with van der Waals surface area (Å²) in [5.41, 5.74) is 2.12. The van der Waals surface area contributed by atoms with Gasteiger partial charge in [-0.1, -0.05) is 24.3 Å². The minimum absolute atomic E-state index is 0.191. The number of carbonyl (C=O) groups is 2. The molecule has 0 fully saturated rings. The highest BCUT2D eigenvalue weighted by Crippen LogP contribution is 2.22. The second-order valence-corrected chi connectivity index (χ2v) is 5.98. The zero-order chi connectivity index (χ0) is 17.6. The van der Waals surface area contributed by atoms with Crippen LogP contribution < -0.4 is 4.74 Å². The Balaban J connectivity index is 1.46. The van der Waals surface area contributed by atoms with Gasteiger partial charge < -0.3 is 9.84 Å². The average molecular weight is 339 g/mol. The number of nitrogens with zero attached hydrogens (tertiary/aromatic N) is 1. The van der Waals surface area contributed by atoms with Crippen LogP contribution in [-0.2, 0) is 6.42 Å². The van der Waals surface area contributed by atoms with Gasteiger partial charge in [0.05, 0.1) is 17.7 Å². The Kier molecular flexibility index (Phi) is 5.46. The predicted molar refractivity (Wildman–Crippen MR) is 93.8 cm³/mol. The Morgan fingerprint density at radius 2 is 1.52 bits per heavy atom. The molecule has 1 heterocycles. The van der Waals surface area contributed by atoms with E-state index < -0.39 is 0 Å². The smallest absolute Gasteiger partial charge is 0.261 e. The second kappa shape index (κ2) is 7.94. The summed E-state index contributed by atoms with van der Waals surface area (Å²) in [5.74, 6) is 0.304. The van der Waals surface area contributed by atoms with Crippen LogP contribution in [-0.4, -0.2) is 41.6 Å². The Morgan fingerprint density at radius 1 is 0.880 bits per heavy atom. The third kappa shape index (κ3) is 3.88. The van der Waals surface area contributed by atoms with Crippen molar-refractivity contribution in [3.8, 4) is 5.75 Å². The Hall–Kier alpha value is -2.66. The molecule has 2 aromatic carbocycles. The van der Waals surface area contributed by atoms with E-state index in [1.807, 2.05) is 24.3 Å². The van der Waals surface area contributed by atoms with Crippen LogP contribution in [0.15, 0.2) is 48.5 Å². The summed E-state index contributed by atoms with van der Waals surface area (Å²) >= 11 is 0. The van der Waals surface area contributed by atoms with Crippen molar-refractivity contribution in [1.82, 2.24) is 4.90 Å². The van der Waals surface area contributed by atoms with Gasteiger partial charge in [-0.25, -0.2) is 0 Å². The molecule has 5 nitrogen and oxygen atoms in total. The van der Waals surface area contributed by atoms with Crippen LogP contribution in [0.3, 0.4) is 0 Å². The van der Waals surface area contributed by atoms with E-state index in [9.17, 15) is 9.59 Å². The lowest BCUT2D eigenvalue weighted by Crippen LogP contribution is -2.31. The molecule has 130 valence electrons. The molecule has 0 atom stereocenters. The molecule has 3 rings (SSSR count). The number of fused-ring (bicyclic) bond motifs is 1. The van der Waals surface area contributed by atoms with Crippen molar-refractivity contribution in [1.29, 1.82) is 0 Å². The van der Waals surface area contributed by atoms with Crippen LogP contribution in [0.25, 0.3) is 0 Å². The second-order valence-electron chi connectivity index (χ2n) is 5.98. The van der Waals surface area contributed by atoms with Crippen molar-refractivity contribution in [2.24, 2.45) is 0 Å². The Bertz CT molecular complexity index is 720. The first-order valence-electron chi connectivity index (χ1n) is 8.48. The highest BCUT2D eigenvalue weighted by molar-refractivity contribution is 6.21. The number of aryl methyl sites for hydroxylation is 1. The van der Waals surface area contributed by atoms with Gasteiger partial charge in [0.25, 0.3) is 11.8 Å². The molecule has 0 saturated heterocycles. The van der Waals surface area contributed by atoms with Crippen molar-refractivity contribution in [3.05, 3.63) is 65.2 Å². The van der Waals surface area contributed by atoms with Crippen LogP contribution in [0.1, 0.15) is 39.1 Å². The number of rotatable bonds is 8. The van der Waals surface area contributed by atoms with Crippen molar-refractivity contribution in [2.45, 2.75) is 19.3 Å². The maximum absolute atomic E-state index is 12.2. The van der Waals surface area contributed by atoms with Gasteiger partial charge in [-0.3, -0.25) is 14.5 Å². The van der Waals surface area contributed by atoms with Gasteiger partial charge >= 0.3 is 0 Å². The number of amides is 2. The van der Waals surface area contributed by atoms with Crippen LogP contribution in [0.4, 0.5) is 0 Å². The molecule has 2 amide bonds. The Labute approximate surface area is 146 Å². The zero-order valence-electron chi connectivity index (χ0n) is 14.0. The summed E-state index contributed by atoms with van der Waals surface area (Å²) in [6.07, 6.45) is 2.18. The van der Waals surface area contributed by atoms with Crippen LogP contribution in [0.5, 0.6) is 5.75 Å². The maximum atomic E-state index is 12.2. The minimum Gasteiger partial charge on any atom is -0.494 e. The van der Waals surface area contributed by atoms with Gasteiger partial charge in [0.1, 0.15) is 5.75 Å². The SMILES string of the molecule is O=C1c2ccccc2C(=O)N1CCCOc1ccc(CCCO)cc1. The van der Waals surface area contributed by atoms with Gasteiger partial charge in [0.2, 0.25) is 0 Å². The normalized spacial score (nSPS) is 13.2. The van der Waals surface area contributed by atoms with Crippen molar-refractivity contribution >= 4 is 11.8 Å². The molecule has 1 aliphatic rings. The van der Waals surface area contributed by atoms with E-state index in [1.165, 1.54) is 4.90 Å². The van der Waals surface area contributed by atoms with E-state index in [4.69, 9.17) is 9.84 Å². The molecule has 25 heavy (non-hydrogen) atoms. The van der Waals surface area contributed by atoms with Gasteiger partial charge in [-0.15, -0.1) is 0 Å². The fraction of sp³-hybridized carbons (Fsp3) is 0.300. The summed E-state index contributed by atoms with van der Waals surface area (Å²) in [7, 11) is 0. The summed E-state index contributed by atoms with van der Waals surface area (Å²) in [4.78, 5) is 25.8. The number of aliphatic hydroxyl groups excluding tert-OH is 1. The third-order valence-corrected chi connectivity index (χ3v) is 4.22. The van der Waals surface area contributed by atoms with Crippen LogP contribution >= 0.6 is 0 Å². The van der Waals surface area contributed by atoms with Gasteiger partial charge in [0.15, 0.2) is 0 Å². The number of ether oxygens (including phenoxy) is 1. The number of hydrogen-bond donors (Lipinski definition) is 1. The van der Waals surface area contributed by atoms with Crippen molar-refractivity contribution in [2.75, 3.05) is 19.8 Å². The molecule has 0 radical (unpaired) electrons. The fourth-order valence-corrected chi connectivity index (χ4v) is 2.89. The molecular formula is C20H21NO4. The molecule has 0 aromatic heterocycles. The summed E-state index contributed by atoms with van der Waals surface area (Å²) in [5, 5.41) is 8.83. The molecule has 5 heteroatoms. The Morgan fingerprint density at radius 3 is 2.12 bits per heavy atom. The number of hydrogen-bond acceptors (Lipinski definition) is 4. The van der Waals surface area contributed by atoms with E-state index >= 15 is 0 Å². The predicted octanol–water partition coefficient (Wildman–Crippen LogP) is 2.68. The maximum Gasteiger partial charge on any atom is 0.261 e. The minimum atomic E-state index is -0.228. The average Bonchev–Trinajstić information content (AvgIpc) is 2.89. The van der Waals surface area contributed by atoms with Crippen molar-refractivity contribution < 1.29 is 19.4 Å². The molecule has 0 unspecified atom stereocenters. The quantitative estimate of drug-likeness (QED) is 0.593. The lowest BCUT2D eigenvalue weighted by molar-refractivity contribution is 0.0646. The van der Waals surface area contributed by atoms with Gasteiger partial charge in [-0.05, 0) is 49.1 Å². The molecule has 0 spiro atoms. The zero-order valence-corrected chi connectivity index (χ0v) is 14.0. The third-order valence-electron chi connectivity index (χ3n) is 4.22. The van der Waals surface area contributed by atoms with Gasteiger partial charge in [0, 0.05) is 13.2 Å². The highest BCUT2D eigenvalue weighted by atomic mass is 16.5. The highest BCUT2D eigenvalue weighted by Gasteiger charge is 2.34. The van der Waals surface area contributed by atoms with Crippen LogP contribution in [0, 0.1) is 0 Å². The standard InChI is InChI=1S/C20H21NO4/c22-13-3-5-15-8-10-16(11-9-15)25-14-4-12-21-19(23)17-6-1-2-7-18(17)20(21)24/h1-2,6-11,22H,3-5,12-14H2. The van der Waals surface area contributed by atoms with E-state index in [1.54, 1.807) is 24.3 Å². The lowest BCUT2D eigenvalue weighted by atomic mass is 10.1. The molecule has 2 aromatic rings. The molecular weight excluding hydrogens is 318 g/mol. The number of aliphatic hydroxyl groups is 1. The lowest BCUT2D eigenvalue weighted by Gasteiger charge is -2.14. The number of carbonyl (C=O) groups excluding carboxylic acids is 2. The van der Waals surface area contributed by atoms with E-state index in [-0.39, 0.29) is 18.4 Å². The fourth-order valence-electron chi connectivity index (χ4n) is 2.89. The van der Waals surface area contributed by atoms with E-state index in [0.717, 1.165) is 24.2 Å². The number of benzene rings is 2. The molecule has 0 aliphatic carbocycles. The molecule has 1 aliphatic heterocycles. The molecule has 0 saturated carbocycles. The largest absolute Gasteiger partial charge is 0.494 e. The molecule has 0 bridgehead atoms. The van der Waals surface area contributed by atoms with Crippen LogP contribution in [0.2, 0.25) is 0 Å². The summed E-state index contributed by atoms with van der Waals surface area (Å²) in [6, 6.07) is 14.7. The monoisotopic (exact) mass is 339 g/mol. The molecule has 1 N–H and O–H groups in total. The first-order chi connectivity index (χ1) is 12.2. The van der Waals surface area contributed by atoms with E-state index in [0.29, 0.717) is 30.7 Å². The van der Waals surface area contributed by atoms with Crippen molar-refractivity contribution in [3.63, 3.8) is 0 Å². The first-order valence-corrected chi connectivity index (χ1v) is 8.48. The van der Waals surface area contributed by atoms with Gasteiger partial charge in [-0.2, -0.15) is 0 Å². The first kappa shape index (κ1) is 17.2. The summed E-state index contributed by atoms with van der Waals surface area (Å²) < 4.78 is 5.67. The topological polar surface area (TPSA) is 66.8 Å². The number of imide groups is 1. The van der Waals surface area contributed by atoms with E-state index in [2.05, 4.69) is 0 Å². The summed E-state index contributed by atoms with van der Waals surface area (Å²) in [6.45, 7) is 0.973.